The largest absolute Gasteiger partial charge is 0.472 e. The van der Waals surface area contributed by atoms with E-state index in [0.29, 0.717) is 5.56 Å². The highest BCUT2D eigenvalue weighted by Gasteiger charge is 2.42. The topological polar surface area (TPSA) is 66.3 Å². The number of amides is 1. The minimum atomic E-state index is -0.0981. The summed E-state index contributed by atoms with van der Waals surface area (Å²) < 4.78 is 5.36. The van der Waals surface area contributed by atoms with E-state index in [1.807, 2.05) is 42.5 Å². The molecule has 1 aromatic heterocycles. The molecule has 1 amide bonds. The Balaban J connectivity index is 1.72. The Labute approximate surface area is 145 Å². The molecule has 5 rings (SSSR count). The number of hydrogen-bond donors (Lipinski definition) is 3. The van der Waals surface area contributed by atoms with Gasteiger partial charge in [-0.15, -0.1) is 0 Å². The van der Waals surface area contributed by atoms with Gasteiger partial charge in [0.1, 0.15) is 0 Å². The van der Waals surface area contributed by atoms with E-state index in [1.54, 1.807) is 12.5 Å². The van der Waals surface area contributed by atoms with Gasteiger partial charge in [0, 0.05) is 22.7 Å². The van der Waals surface area contributed by atoms with Crippen molar-refractivity contribution in [2.45, 2.75) is 18.0 Å². The fourth-order valence-electron chi connectivity index (χ4n) is 4.03. The van der Waals surface area contributed by atoms with Crippen molar-refractivity contribution in [2.24, 2.45) is 0 Å². The van der Waals surface area contributed by atoms with Gasteiger partial charge in [0.2, 0.25) is 0 Å². The second-order valence-corrected chi connectivity index (χ2v) is 6.46. The molecule has 3 N–H and O–H groups in total. The molecular weight excluding hydrogens is 314 g/mol. The van der Waals surface area contributed by atoms with Crippen LogP contribution in [-0.2, 0) is 0 Å². The molecular formula is C20H17N3O2. The maximum Gasteiger partial charge on any atom is 0.265 e. The molecule has 0 aliphatic carbocycles. The summed E-state index contributed by atoms with van der Waals surface area (Å²) in [6, 6.07) is 18.2. The lowest BCUT2D eigenvalue weighted by Gasteiger charge is -2.43. The van der Waals surface area contributed by atoms with Gasteiger partial charge < -0.3 is 9.73 Å². The minimum absolute atomic E-state index is 0.0343. The molecule has 25 heavy (non-hydrogen) atoms. The van der Waals surface area contributed by atoms with Crippen molar-refractivity contribution in [3.05, 3.63) is 89.4 Å². The van der Waals surface area contributed by atoms with Crippen molar-refractivity contribution in [2.75, 3.05) is 5.32 Å². The van der Waals surface area contributed by atoms with Crippen molar-refractivity contribution in [1.82, 2.24) is 10.9 Å². The summed E-state index contributed by atoms with van der Waals surface area (Å²) in [5.41, 5.74) is 11.1. The number of hydrazine groups is 1. The Hall–Kier alpha value is -3.05. The monoisotopic (exact) mass is 331 g/mol. The molecule has 0 bridgehead atoms. The molecule has 2 aliphatic rings. The molecule has 5 heteroatoms. The number of hydrogen-bond acceptors (Lipinski definition) is 4. The van der Waals surface area contributed by atoms with Crippen molar-refractivity contribution < 1.29 is 9.21 Å². The molecule has 0 radical (unpaired) electrons. The van der Waals surface area contributed by atoms with Gasteiger partial charge in [-0.1, -0.05) is 36.4 Å². The number of rotatable bonds is 2. The molecule has 0 fully saturated rings. The highest BCUT2D eigenvalue weighted by Crippen LogP contribution is 2.50. The Morgan fingerprint density at radius 3 is 2.56 bits per heavy atom. The van der Waals surface area contributed by atoms with Gasteiger partial charge in [0.15, 0.2) is 0 Å². The summed E-state index contributed by atoms with van der Waals surface area (Å²) >= 11 is 0. The van der Waals surface area contributed by atoms with E-state index in [-0.39, 0.29) is 23.9 Å². The van der Waals surface area contributed by atoms with Crippen LogP contribution in [0.25, 0.3) is 0 Å². The summed E-state index contributed by atoms with van der Waals surface area (Å²) in [5, 5.41) is 3.65. The van der Waals surface area contributed by atoms with Crippen molar-refractivity contribution in [3.8, 4) is 0 Å². The molecule has 3 atom stereocenters. The summed E-state index contributed by atoms with van der Waals surface area (Å²) in [4.78, 5) is 12.2. The van der Waals surface area contributed by atoms with Gasteiger partial charge in [0.25, 0.3) is 5.91 Å². The Kier molecular flexibility index (Phi) is 3.15. The van der Waals surface area contributed by atoms with E-state index in [4.69, 9.17) is 4.42 Å². The molecule has 0 saturated heterocycles. The summed E-state index contributed by atoms with van der Waals surface area (Å²) in [7, 11) is 0. The van der Waals surface area contributed by atoms with E-state index in [9.17, 15) is 4.79 Å². The van der Waals surface area contributed by atoms with Gasteiger partial charge in [-0.05, 0) is 29.3 Å². The zero-order chi connectivity index (χ0) is 16.8. The predicted molar refractivity (Wildman–Crippen MR) is 94.0 cm³/mol. The lowest BCUT2D eigenvalue weighted by molar-refractivity contribution is 0.0899. The van der Waals surface area contributed by atoms with Crippen LogP contribution in [0.15, 0.2) is 71.5 Å². The maximum atomic E-state index is 12.2. The van der Waals surface area contributed by atoms with E-state index in [0.717, 1.165) is 16.8 Å². The third kappa shape index (κ3) is 2.16. The average Bonchev–Trinajstić information content (AvgIpc) is 3.19. The quantitative estimate of drug-likeness (QED) is 0.672. The molecule has 124 valence electrons. The SMILES string of the molecule is O=C1NNC2c3c(cccc31)NC(c1ccccc1)C2c1ccoc1. The molecule has 3 unspecified atom stereocenters. The van der Waals surface area contributed by atoms with Crippen molar-refractivity contribution in [1.29, 1.82) is 0 Å². The third-order valence-corrected chi connectivity index (χ3v) is 5.12. The smallest absolute Gasteiger partial charge is 0.265 e. The Bertz CT molecular complexity index is 921. The number of anilines is 1. The zero-order valence-corrected chi connectivity index (χ0v) is 13.4. The summed E-state index contributed by atoms with van der Waals surface area (Å²) in [6.07, 6.45) is 3.48. The second-order valence-electron chi connectivity index (χ2n) is 6.46. The van der Waals surface area contributed by atoms with Crippen LogP contribution in [0.5, 0.6) is 0 Å². The van der Waals surface area contributed by atoms with Crippen LogP contribution in [0.4, 0.5) is 5.69 Å². The summed E-state index contributed by atoms with van der Waals surface area (Å²) in [6.45, 7) is 0. The van der Waals surface area contributed by atoms with Crippen LogP contribution in [0, 0.1) is 0 Å². The number of carbonyl (C=O) groups excluding carboxylic acids is 1. The predicted octanol–water partition coefficient (Wildman–Crippen LogP) is 3.52. The number of benzene rings is 2. The molecule has 0 saturated carbocycles. The van der Waals surface area contributed by atoms with Crippen LogP contribution in [-0.4, -0.2) is 5.91 Å². The molecule has 0 spiro atoms. The first-order valence-corrected chi connectivity index (χ1v) is 8.35. The van der Waals surface area contributed by atoms with Crippen molar-refractivity contribution >= 4 is 11.6 Å². The molecule has 2 aromatic carbocycles. The van der Waals surface area contributed by atoms with Crippen LogP contribution in [0.3, 0.4) is 0 Å². The van der Waals surface area contributed by atoms with E-state index < -0.39 is 0 Å². The fraction of sp³-hybridized carbons (Fsp3) is 0.150. The second kappa shape index (κ2) is 5.50. The first kappa shape index (κ1) is 14.3. The van der Waals surface area contributed by atoms with Crippen LogP contribution < -0.4 is 16.2 Å². The minimum Gasteiger partial charge on any atom is -0.472 e. The highest BCUT2D eigenvalue weighted by atomic mass is 16.3. The molecule has 2 aliphatic heterocycles. The standard InChI is InChI=1S/C20H17N3O2/c24-20-14-7-4-8-15-17(14)19(22-23-20)16(13-9-10-25-11-13)18(21-15)12-5-2-1-3-6-12/h1-11,16,18-19,21-22H,(H,23,24). The Morgan fingerprint density at radius 1 is 0.880 bits per heavy atom. The fourth-order valence-corrected chi connectivity index (χ4v) is 4.03. The lowest BCUT2D eigenvalue weighted by Crippen LogP contribution is -2.50. The van der Waals surface area contributed by atoms with E-state index >= 15 is 0 Å². The zero-order valence-electron chi connectivity index (χ0n) is 13.4. The lowest BCUT2D eigenvalue weighted by atomic mass is 9.75. The maximum absolute atomic E-state index is 12.2. The summed E-state index contributed by atoms with van der Waals surface area (Å²) in [5.74, 6) is -0.0191. The number of nitrogens with one attached hydrogen (secondary N) is 3. The molecule has 3 heterocycles. The normalized spacial score (nSPS) is 24.2. The third-order valence-electron chi connectivity index (χ3n) is 5.12. The van der Waals surface area contributed by atoms with Gasteiger partial charge >= 0.3 is 0 Å². The van der Waals surface area contributed by atoms with Gasteiger partial charge in [0.05, 0.1) is 24.6 Å². The molecule has 5 nitrogen and oxygen atoms in total. The van der Waals surface area contributed by atoms with Crippen LogP contribution in [0.2, 0.25) is 0 Å². The number of carbonyl (C=O) groups is 1. The average molecular weight is 331 g/mol. The van der Waals surface area contributed by atoms with Gasteiger partial charge in [-0.3, -0.25) is 10.2 Å². The van der Waals surface area contributed by atoms with Gasteiger partial charge in [-0.25, -0.2) is 5.43 Å². The molecule has 3 aromatic rings. The van der Waals surface area contributed by atoms with Crippen LogP contribution >= 0.6 is 0 Å². The number of furan rings is 1. The van der Waals surface area contributed by atoms with E-state index in [1.165, 1.54) is 5.56 Å². The first-order valence-electron chi connectivity index (χ1n) is 8.35. The first-order chi connectivity index (χ1) is 12.3. The highest BCUT2D eigenvalue weighted by molar-refractivity contribution is 5.98. The van der Waals surface area contributed by atoms with E-state index in [2.05, 4.69) is 28.3 Å². The van der Waals surface area contributed by atoms with Crippen LogP contribution in [0.1, 0.15) is 45.0 Å². The Morgan fingerprint density at radius 2 is 1.76 bits per heavy atom. The van der Waals surface area contributed by atoms with Gasteiger partial charge in [-0.2, -0.15) is 0 Å². The van der Waals surface area contributed by atoms with Crippen molar-refractivity contribution in [3.63, 3.8) is 0 Å².